The van der Waals surface area contributed by atoms with Gasteiger partial charge in [0.1, 0.15) is 11.5 Å². The van der Waals surface area contributed by atoms with Gasteiger partial charge in [0.15, 0.2) is 0 Å². The summed E-state index contributed by atoms with van der Waals surface area (Å²) in [5.74, 6) is 1.71. The number of benzene rings is 2. The van der Waals surface area contributed by atoms with Gasteiger partial charge in [-0.3, -0.25) is 4.79 Å². The minimum absolute atomic E-state index is 0.162. The highest BCUT2D eigenvalue weighted by Crippen LogP contribution is 2.31. The summed E-state index contributed by atoms with van der Waals surface area (Å²) in [6, 6.07) is 18.8. The molecule has 3 rings (SSSR count). The van der Waals surface area contributed by atoms with Gasteiger partial charge in [-0.05, 0) is 42.8 Å². The molecule has 0 spiro atoms. The fraction of sp³-hybridized carbons (Fsp3) is 0.143. The van der Waals surface area contributed by atoms with Gasteiger partial charge >= 0.3 is 0 Å². The van der Waals surface area contributed by atoms with E-state index in [2.05, 4.69) is 10.5 Å². The second-order valence-electron chi connectivity index (χ2n) is 6.00. The van der Waals surface area contributed by atoms with Crippen LogP contribution in [0.2, 0.25) is 10.0 Å². The van der Waals surface area contributed by atoms with E-state index in [9.17, 15) is 4.79 Å². The van der Waals surface area contributed by atoms with E-state index < -0.39 is 0 Å². The maximum atomic E-state index is 12.2. The third-order valence-electron chi connectivity index (χ3n) is 3.90. The molecule has 0 saturated heterocycles. The normalized spacial score (nSPS) is 12.2. The Labute approximate surface area is 177 Å². The van der Waals surface area contributed by atoms with E-state index in [-0.39, 0.29) is 11.2 Å². The highest BCUT2D eigenvalue weighted by atomic mass is 35.5. The van der Waals surface area contributed by atoms with Gasteiger partial charge in [-0.15, -0.1) is 11.8 Å². The molecule has 7 heteroatoms. The molecule has 0 aliphatic rings. The Morgan fingerprint density at radius 1 is 1.18 bits per heavy atom. The van der Waals surface area contributed by atoms with Crippen LogP contribution < -0.4 is 5.43 Å². The van der Waals surface area contributed by atoms with Crippen molar-refractivity contribution in [2.24, 2.45) is 5.10 Å². The van der Waals surface area contributed by atoms with Crippen molar-refractivity contribution in [3.05, 3.63) is 82.0 Å². The monoisotopic (exact) mass is 432 g/mol. The number of carbonyl (C=O) groups excluding carboxylic acids is 1. The van der Waals surface area contributed by atoms with Crippen molar-refractivity contribution in [3.8, 4) is 11.3 Å². The summed E-state index contributed by atoms with van der Waals surface area (Å²) in [6.07, 6.45) is 1.46. The van der Waals surface area contributed by atoms with Gasteiger partial charge in [-0.1, -0.05) is 53.5 Å². The van der Waals surface area contributed by atoms with Gasteiger partial charge in [0.2, 0.25) is 0 Å². The molecule has 28 heavy (non-hydrogen) atoms. The highest BCUT2D eigenvalue weighted by molar-refractivity contribution is 7.99. The van der Waals surface area contributed by atoms with Crippen molar-refractivity contribution < 1.29 is 9.21 Å². The maximum Gasteiger partial charge on any atom is 0.252 e. The van der Waals surface area contributed by atoms with E-state index >= 15 is 0 Å². The molecule has 0 radical (unpaired) electrons. The average molecular weight is 433 g/mol. The summed E-state index contributed by atoms with van der Waals surface area (Å²) in [5.41, 5.74) is 4.46. The minimum Gasteiger partial charge on any atom is -0.455 e. The van der Waals surface area contributed by atoms with Gasteiger partial charge in [0, 0.05) is 16.3 Å². The van der Waals surface area contributed by atoms with Crippen molar-refractivity contribution in [3.63, 3.8) is 0 Å². The van der Waals surface area contributed by atoms with Gasteiger partial charge in [-0.2, -0.15) is 5.10 Å². The highest BCUT2D eigenvalue weighted by Gasteiger charge is 2.13. The number of amides is 1. The average Bonchev–Trinajstić information content (AvgIpc) is 3.15. The second-order valence-corrected chi connectivity index (χ2v) is 8.17. The quantitative estimate of drug-likeness (QED) is 0.366. The van der Waals surface area contributed by atoms with Crippen molar-refractivity contribution in [2.45, 2.75) is 17.9 Å². The molecule has 1 N–H and O–H groups in total. The summed E-state index contributed by atoms with van der Waals surface area (Å²) >= 11 is 13.7. The summed E-state index contributed by atoms with van der Waals surface area (Å²) in [4.78, 5) is 12.2. The van der Waals surface area contributed by atoms with Crippen molar-refractivity contribution in [2.75, 3.05) is 0 Å². The molecular weight excluding hydrogens is 415 g/mol. The van der Waals surface area contributed by atoms with E-state index in [0.29, 0.717) is 21.6 Å². The van der Waals surface area contributed by atoms with Crippen LogP contribution in [-0.4, -0.2) is 17.4 Å². The van der Waals surface area contributed by atoms with E-state index in [0.717, 1.165) is 11.3 Å². The zero-order chi connectivity index (χ0) is 19.9. The van der Waals surface area contributed by atoms with Crippen LogP contribution >= 0.6 is 35.0 Å². The maximum absolute atomic E-state index is 12.2. The van der Waals surface area contributed by atoms with Gasteiger partial charge in [-0.25, -0.2) is 5.43 Å². The number of halogens is 2. The Morgan fingerprint density at radius 2 is 1.96 bits per heavy atom. The van der Waals surface area contributed by atoms with Crippen molar-refractivity contribution in [1.82, 2.24) is 5.43 Å². The molecule has 0 saturated carbocycles. The van der Waals surface area contributed by atoms with Crippen molar-refractivity contribution >= 4 is 47.1 Å². The number of hydrogen-bond acceptors (Lipinski definition) is 4. The van der Waals surface area contributed by atoms with Gasteiger partial charge in [0.25, 0.3) is 5.91 Å². The molecule has 1 amide bonds. The summed E-state index contributed by atoms with van der Waals surface area (Å²) in [6.45, 7) is 1.85. The lowest BCUT2D eigenvalue weighted by Gasteiger charge is -2.09. The number of hydrogen-bond donors (Lipinski definition) is 1. The first-order valence-electron chi connectivity index (χ1n) is 8.56. The van der Waals surface area contributed by atoms with Crippen LogP contribution in [0.5, 0.6) is 0 Å². The Morgan fingerprint density at radius 3 is 2.71 bits per heavy atom. The predicted octanol–water partition coefficient (Wildman–Crippen LogP) is 6.03. The Bertz CT molecular complexity index is 974. The van der Waals surface area contributed by atoms with Crippen LogP contribution in [0, 0.1) is 0 Å². The van der Waals surface area contributed by atoms with Crippen LogP contribution in [0.3, 0.4) is 0 Å². The number of nitrogens with zero attached hydrogens (tertiary/aromatic N) is 1. The third-order valence-corrected chi connectivity index (χ3v) is 5.66. The number of nitrogens with one attached hydrogen (secondary N) is 1. The fourth-order valence-electron chi connectivity index (χ4n) is 2.38. The molecule has 3 aromatic rings. The molecule has 1 aromatic heterocycles. The Hall–Kier alpha value is -2.21. The smallest absolute Gasteiger partial charge is 0.252 e. The Balaban J connectivity index is 1.53. The first-order valence-corrected chi connectivity index (χ1v) is 10.4. The van der Waals surface area contributed by atoms with Crippen molar-refractivity contribution in [1.29, 1.82) is 0 Å². The molecule has 1 heterocycles. The van der Waals surface area contributed by atoms with E-state index in [1.165, 1.54) is 11.8 Å². The van der Waals surface area contributed by atoms with Crippen LogP contribution in [0.25, 0.3) is 11.3 Å². The number of furan rings is 1. The van der Waals surface area contributed by atoms with Crippen LogP contribution in [-0.2, 0) is 10.5 Å². The third kappa shape index (κ3) is 5.64. The topological polar surface area (TPSA) is 54.6 Å². The molecule has 4 nitrogen and oxygen atoms in total. The fourth-order valence-corrected chi connectivity index (χ4v) is 3.72. The lowest BCUT2D eigenvalue weighted by atomic mass is 10.2. The number of hydrazone groups is 1. The van der Waals surface area contributed by atoms with Gasteiger partial charge in [0.05, 0.1) is 16.5 Å². The summed E-state index contributed by atoms with van der Waals surface area (Å²) in [7, 11) is 0. The second kappa shape index (κ2) is 9.82. The van der Waals surface area contributed by atoms with E-state index in [1.807, 2.05) is 37.3 Å². The van der Waals surface area contributed by atoms with Gasteiger partial charge < -0.3 is 4.42 Å². The molecule has 0 fully saturated rings. The lowest BCUT2D eigenvalue weighted by molar-refractivity contribution is -0.120. The molecule has 0 aliphatic carbocycles. The number of rotatable bonds is 7. The molecule has 0 aliphatic heterocycles. The lowest BCUT2D eigenvalue weighted by Crippen LogP contribution is -2.26. The number of carbonyl (C=O) groups is 1. The molecular formula is C21H18Cl2N2O2S. The van der Waals surface area contributed by atoms with Crippen LogP contribution in [0.4, 0.5) is 0 Å². The SMILES string of the molecule is CC(SCc1ccccc1)C(=O)N/N=C/c1ccc(-c2ccc(Cl)cc2Cl)o1. The molecule has 0 bridgehead atoms. The Kier molecular flexibility index (Phi) is 7.20. The molecule has 2 aromatic carbocycles. The van der Waals surface area contributed by atoms with Crippen LogP contribution in [0.1, 0.15) is 18.2 Å². The first kappa shape index (κ1) is 20.5. The number of thioether (sulfide) groups is 1. The zero-order valence-electron chi connectivity index (χ0n) is 15.1. The summed E-state index contributed by atoms with van der Waals surface area (Å²) < 4.78 is 5.70. The minimum atomic E-state index is -0.225. The van der Waals surface area contributed by atoms with E-state index in [1.54, 1.807) is 42.1 Å². The first-order chi connectivity index (χ1) is 13.5. The largest absolute Gasteiger partial charge is 0.455 e. The van der Waals surface area contributed by atoms with Crippen LogP contribution in [0.15, 0.2) is 70.2 Å². The molecule has 1 atom stereocenters. The molecule has 1 unspecified atom stereocenters. The standard InChI is InChI=1S/C21H18Cl2N2O2S/c1-14(28-13-15-5-3-2-4-6-15)21(26)25-24-12-17-8-10-20(27-17)18-9-7-16(22)11-19(18)23/h2-12,14H,13H2,1H3,(H,25,26)/b24-12+. The summed E-state index contributed by atoms with van der Waals surface area (Å²) in [5, 5.41) is 4.81. The van der Waals surface area contributed by atoms with E-state index in [4.69, 9.17) is 27.6 Å². The predicted molar refractivity (Wildman–Crippen MR) is 117 cm³/mol. The zero-order valence-corrected chi connectivity index (χ0v) is 17.4. The molecule has 144 valence electrons.